The van der Waals surface area contributed by atoms with Crippen molar-refractivity contribution >= 4 is 0 Å². The normalized spacial score (nSPS) is 17.4. The monoisotopic (exact) mass is 263 g/mol. The fourth-order valence-corrected chi connectivity index (χ4v) is 2.69. The second-order valence-electron chi connectivity index (χ2n) is 5.53. The first-order valence-electron chi connectivity index (χ1n) is 7.19. The van der Waals surface area contributed by atoms with E-state index in [2.05, 4.69) is 11.8 Å². The molecule has 1 aliphatic heterocycles. The fourth-order valence-electron chi connectivity index (χ4n) is 2.69. The molecule has 2 rings (SSSR count). The van der Waals surface area contributed by atoms with Gasteiger partial charge < -0.3 is 14.4 Å². The van der Waals surface area contributed by atoms with Gasteiger partial charge in [-0.25, -0.2) is 0 Å². The molecule has 0 radical (unpaired) electrons. The lowest BCUT2D eigenvalue weighted by molar-refractivity contribution is 0.201. The van der Waals surface area contributed by atoms with Crippen LogP contribution in [0.3, 0.4) is 0 Å². The first kappa shape index (κ1) is 14.2. The van der Waals surface area contributed by atoms with Crippen LogP contribution in [0.2, 0.25) is 0 Å². The maximum Gasteiger partial charge on any atom is 0.163 e. The third-order valence-electron chi connectivity index (χ3n) is 3.67. The van der Waals surface area contributed by atoms with E-state index in [0.29, 0.717) is 5.92 Å². The van der Waals surface area contributed by atoms with Crippen molar-refractivity contribution in [2.75, 3.05) is 33.4 Å². The molecule has 3 heteroatoms. The highest BCUT2D eigenvalue weighted by Gasteiger charge is 2.15. The van der Waals surface area contributed by atoms with Gasteiger partial charge in [-0.1, -0.05) is 19.1 Å². The molecule has 1 atom stereocenters. The Balaban J connectivity index is 1.85. The number of rotatable bonds is 6. The Morgan fingerprint density at radius 2 is 2.00 bits per heavy atom. The first-order valence-corrected chi connectivity index (χ1v) is 7.19. The maximum atomic E-state index is 5.93. The minimum Gasteiger partial charge on any atom is -0.493 e. The number of nitrogens with zero attached hydrogens (tertiary/aromatic N) is 1. The minimum atomic E-state index is 0.545. The van der Waals surface area contributed by atoms with E-state index < -0.39 is 0 Å². The van der Waals surface area contributed by atoms with Crippen molar-refractivity contribution in [1.29, 1.82) is 0 Å². The number of hydrogen-bond acceptors (Lipinski definition) is 3. The zero-order valence-electron chi connectivity index (χ0n) is 12.3. The number of ether oxygens (including phenoxy) is 2. The molecule has 0 spiro atoms. The van der Waals surface area contributed by atoms with Gasteiger partial charge >= 0.3 is 0 Å². The van der Waals surface area contributed by atoms with Gasteiger partial charge in [0.1, 0.15) is 0 Å². The quantitative estimate of drug-likeness (QED) is 0.787. The molecule has 0 aromatic heterocycles. The zero-order valence-corrected chi connectivity index (χ0v) is 12.3. The lowest BCUT2D eigenvalue weighted by Crippen LogP contribution is -2.28. The van der Waals surface area contributed by atoms with Crippen LogP contribution in [0.15, 0.2) is 18.2 Å². The fraction of sp³-hybridized carbons (Fsp3) is 0.625. The molecule has 3 nitrogen and oxygen atoms in total. The van der Waals surface area contributed by atoms with Gasteiger partial charge in [-0.2, -0.15) is 0 Å². The Hall–Kier alpha value is -1.22. The molecular formula is C16H25NO2. The molecule has 19 heavy (non-hydrogen) atoms. The van der Waals surface area contributed by atoms with E-state index in [-0.39, 0.29) is 0 Å². The first-order chi connectivity index (χ1) is 9.20. The molecule has 1 saturated heterocycles. The topological polar surface area (TPSA) is 21.7 Å². The molecule has 1 fully saturated rings. The SMILES string of the molecule is COc1c(C)cccc1OC[C@H](C)CN1CCCC1. The van der Waals surface area contributed by atoms with E-state index in [4.69, 9.17) is 9.47 Å². The zero-order chi connectivity index (χ0) is 13.7. The Bertz CT molecular complexity index is 400. The van der Waals surface area contributed by atoms with Crippen LogP contribution in [-0.2, 0) is 0 Å². The molecule has 0 unspecified atom stereocenters. The van der Waals surface area contributed by atoms with Gasteiger partial charge in [0.2, 0.25) is 0 Å². The summed E-state index contributed by atoms with van der Waals surface area (Å²) in [7, 11) is 1.70. The van der Waals surface area contributed by atoms with Crippen LogP contribution >= 0.6 is 0 Å². The Labute approximate surface area is 116 Å². The molecule has 106 valence electrons. The van der Waals surface area contributed by atoms with Crippen molar-refractivity contribution < 1.29 is 9.47 Å². The molecule has 1 heterocycles. The van der Waals surface area contributed by atoms with Crippen molar-refractivity contribution in [2.45, 2.75) is 26.7 Å². The number of methoxy groups -OCH3 is 1. The van der Waals surface area contributed by atoms with E-state index >= 15 is 0 Å². The molecule has 0 amide bonds. The summed E-state index contributed by atoms with van der Waals surface area (Å²) in [5.74, 6) is 2.26. The average molecular weight is 263 g/mol. The Kier molecular flexibility index (Phi) is 5.08. The second-order valence-corrected chi connectivity index (χ2v) is 5.53. The smallest absolute Gasteiger partial charge is 0.163 e. The number of para-hydroxylation sites is 1. The van der Waals surface area contributed by atoms with Crippen molar-refractivity contribution in [2.24, 2.45) is 5.92 Å². The van der Waals surface area contributed by atoms with Gasteiger partial charge in [0.05, 0.1) is 13.7 Å². The van der Waals surface area contributed by atoms with E-state index in [0.717, 1.165) is 30.2 Å². The van der Waals surface area contributed by atoms with E-state index in [1.54, 1.807) is 7.11 Å². The van der Waals surface area contributed by atoms with Gasteiger partial charge in [-0.05, 0) is 44.5 Å². The van der Waals surface area contributed by atoms with Gasteiger partial charge in [0.15, 0.2) is 11.5 Å². The summed E-state index contributed by atoms with van der Waals surface area (Å²) in [6.07, 6.45) is 2.69. The molecule has 0 aliphatic carbocycles. The largest absolute Gasteiger partial charge is 0.493 e. The van der Waals surface area contributed by atoms with Crippen molar-refractivity contribution in [3.8, 4) is 11.5 Å². The van der Waals surface area contributed by atoms with Gasteiger partial charge in [0.25, 0.3) is 0 Å². The summed E-state index contributed by atoms with van der Waals surface area (Å²) >= 11 is 0. The average Bonchev–Trinajstić information content (AvgIpc) is 2.89. The van der Waals surface area contributed by atoms with Crippen LogP contribution in [-0.4, -0.2) is 38.3 Å². The summed E-state index contributed by atoms with van der Waals surface area (Å²) in [4.78, 5) is 2.53. The van der Waals surface area contributed by atoms with Crippen LogP contribution in [0.5, 0.6) is 11.5 Å². The van der Waals surface area contributed by atoms with E-state index in [1.807, 2.05) is 25.1 Å². The highest BCUT2D eigenvalue weighted by atomic mass is 16.5. The third kappa shape index (κ3) is 3.87. The van der Waals surface area contributed by atoms with Crippen LogP contribution in [0.1, 0.15) is 25.3 Å². The van der Waals surface area contributed by atoms with Crippen molar-refractivity contribution in [1.82, 2.24) is 4.90 Å². The number of hydrogen-bond donors (Lipinski definition) is 0. The predicted molar refractivity (Wildman–Crippen MR) is 78.1 cm³/mol. The number of benzene rings is 1. The summed E-state index contributed by atoms with van der Waals surface area (Å²) in [6.45, 7) is 8.67. The Morgan fingerprint density at radius 1 is 1.26 bits per heavy atom. The minimum absolute atomic E-state index is 0.545. The molecule has 0 saturated carbocycles. The highest BCUT2D eigenvalue weighted by molar-refractivity contribution is 5.45. The predicted octanol–water partition coefficient (Wildman–Crippen LogP) is 3.11. The number of aryl methyl sites for hydroxylation is 1. The van der Waals surface area contributed by atoms with Crippen LogP contribution in [0, 0.1) is 12.8 Å². The lowest BCUT2D eigenvalue weighted by atomic mass is 10.2. The summed E-state index contributed by atoms with van der Waals surface area (Å²) in [5, 5.41) is 0. The third-order valence-corrected chi connectivity index (χ3v) is 3.67. The summed E-state index contributed by atoms with van der Waals surface area (Å²) < 4.78 is 11.3. The van der Waals surface area contributed by atoms with Crippen LogP contribution in [0.25, 0.3) is 0 Å². The standard InChI is InChI=1S/C16H25NO2/c1-13(11-17-9-4-5-10-17)12-19-15-8-6-7-14(2)16(15)18-3/h6-8,13H,4-5,9-12H2,1-3H3/t13-/m1/s1. The molecule has 1 aliphatic rings. The number of likely N-dealkylation sites (tertiary alicyclic amines) is 1. The van der Waals surface area contributed by atoms with Crippen LogP contribution < -0.4 is 9.47 Å². The lowest BCUT2D eigenvalue weighted by Gasteiger charge is -2.21. The molecule has 0 N–H and O–H groups in total. The summed E-state index contributed by atoms with van der Waals surface area (Å²) in [5.41, 5.74) is 1.12. The van der Waals surface area contributed by atoms with Gasteiger partial charge in [0, 0.05) is 12.5 Å². The van der Waals surface area contributed by atoms with Crippen molar-refractivity contribution in [3.63, 3.8) is 0 Å². The Morgan fingerprint density at radius 3 is 2.68 bits per heavy atom. The molecule has 0 bridgehead atoms. The maximum absolute atomic E-state index is 5.93. The van der Waals surface area contributed by atoms with Gasteiger partial charge in [-0.15, -0.1) is 0 Å². The summed E-state index contributed by atoms with van der Waals surface area (Å²) in [6, 6.07) is 6.03. The van der Waals surface area contributed by atoms with Crippen LogP contribution in [0.4, 0.5) is 0 Å². The molecule has 1 aromatic rings. The molecule has 1 aromatic carbocycles. The van der Waals surface area contributed by atoms with Gasteiger partial charge in [-0.3, -0.25) is 0 Å². The second kappa shape index (κ2) is 6.80. The van der Waals surface area contributed by atoms with E-state index in [9.17, 15) is 0 Å². The van der Waals surface area contributed by atoms with E-state index in [1.165, 1.54) is 25.9 Å². The highest BCUT2D eigenvalue weighted by Crippen LogP contribution is 2.30. The molecular weight excluding hydrogens is 238 g/mol. The van der Waals surface area contributed by atoms with Crippen molar-refractivity contribution in [3.05, 3.63) is 23.8 Å².